The van der Waals surface area contributed by atoms with Gasteiger partial charge in [-0.1, -0.05) is 0 Å². The van der Waals surface area contributed by atoms with Gasteiger partial charge in [0.25, 0.3) is 0 Å². The van der Waals surface area contributed by atoms with Crippen LogP contribution in [0.25, 0.3) is 11.3 Å². The molecular formula is C17H18F3N3O2. The Morgan fingerprint density at radius 2 is 1.88 bits per heavy atom. The van der Waals surface area contributed by atoms with Crippen LogP contribution in [0.15, 0.2) is 24.3 Å². The molecule has 0 bridgehead atoms. The first-order valence-electron chi connectivity index (χ1n) is 7.79. The molecule has 3 N–H and O–H groups in total. The zero-order chi connectivity index (χ0) is 18.4. The van der Waals surface area contributed by atoms with Gasteiger partial charge in [0, 0.05) is 11.6 Å². The number of aliphatic hydroxyl groups is 1. The number of halogens is 3. The van der Waals surface area contributed by atoms with Crippen LogP contribution in [0.1, 0.15) is 30.9 Å². The number of hydrogen-bond acceptors (Lipinski definition) is 5. The van der Waals surface area contributed by atoms with Crippen molar-refractivity contribution in [2.24, 2.45) is 0 Å². The lowest BCUT2D eigenvalue weighted by Crippen LogP contribution is -2.48. The van der Waals surface area contributed by atoms with E-state index >= 15 is 0 Å². The fraction of sp³-hybridized carbons (Fsp3) is 0.412. The second-order valence-corrected chi connectivity index (χ2v) is 6.74. The van der Waals surface area contributed by atoms with E-state index in [4.69, 9.17) is 0 Å². The number of nitrogens with one attached hydrogen (secondary N) is 1. The summed E-state index contributed by atoms with van der Waals surface area (Å²) in [5.74, 6) is 0.0191. The molecule has 0 atom stereocenters. The fourth-order valence-electron chi connectivity index (χ4n) is 3.12. The maximum Gasteiger partial charge on any atom is 0.416 e. The number of aromatic nitrogens is 2. The molecule has 0 spiro atoms. The maximum absolute atomic E-state index is 12.8. The second-order valence-electron chi connectivity index (χ2n) is 6.74. The van der Waals surface area contributed by atoms with E-state index in [9.17, 15) is 23.4 Å². The number of phenolic OH excluding ortho intramolecular Hbond substituents is 1. The number of nitrogens with zero attached hydrogens (tertiary/aromatic N) is 2. The minimum Gasteiger partial charge on any atom is -0.507 e. The standard InChI is InChI=1S/C17H18F3N3O2/c1-9-5-10(17(18,19)20)6-13(24)15(9)12-3-4-14(23-22-12)21-11-7-16(2,25)8-11/h3-6,11,24-25H,7-8H2,1-2H3,(H,21,23)/t11-,16-. The molecular weight excluding hydrogens is 335 g/mol. The molecule has 5 nitrogen and oxygen atoms in total. The summed E-state index contributed by atoms with van der Waals surface area (Å²) in [6, 6.07) is 5.00. The van der Waals surface area contributed by atoms with Crippen molar-refractivity contribution in [1.82, 2.24) is 10.2 Å². The molecule has 25 heavy (non-hydrogen) atoms. The first-order valence-corrected chi connectivity index (χ1v) is 7.79. The number of rotatable bonds is 3. The predicted octanol–water partition coefficient (Wildman–Crippen LogP) is 3.50. The molecule has 8 heteroatoms. The molecule has 0 amide bonds. The van der Waals surface area contributed by atoms with E-state index in [1.54, 1.807) is 19.1 Å². The number of aromatic hydroxyl groups is 1. The van der Waals surface area contributed by atoms with E-state index < -0.39 is 23.1 Å². The van der Waals surface area contributed by atoms with Crippen molar-refractivity contribution in [1.29, 1.82) is 0 Å². The van der Waals surface area contributed by atoms with Crippen molar-refractivity contribution in [2.45, 2.75) is 44.5 Å². The largest absolute Gasteiger partial charge is 0.507 e. The van der Waals surface area contributed by atoms with Gasteiger partial charge < -0.3 is 15.5 Å². The van der Waals surface area contributed by atoms with Gasteiger partial charge in [0.15, 0.2) is 0 Å². The van der Waals surface area contributed by atoms with E-state index in [1.165, 1.54) is 6.92 Å². The molecule has 1 aromatic heterocycles. The van der Waals surface area contributed by atoms with Gasteiger partial charge in [0.1, 0.15) is 11.6 Å². The third-order valence-corrected chi connectivity index (χ3v) is 4.29. The predicted molar refractivity (Wildman–Crippen MR) is 86.1 cm³/mol. The van der Waals surface area contributed by atoms with Gasteiger partial charge in [0.05, 0.1) is 16.9 Å². The number of phenols is 1. The average Bonchev–Trinajstić information content (AvgIpc) is 2.45. The second kappa shape index (κ2) is 5.87. The molecule has 0 aliphatic heterocycles. The van der Waals surface area contributed by atoms with Crippen LogP contribution < -0.4 is 5.32 Å². The quantitative estimate of drug-likeness (QED) is 0.787. The lowest BCUT2D eigenvalue weighted by Gasteiger charge is -2.41. The zero-order valence-corrected chi connectivity index (χ0v) is 13.7. The Morgan fingerprint density at radius 3 is 2.36 bits per heavy atom. The first kappa shape index (κ1) is 17.5. The van der Waals surface area contributed by atoms with Gasteiger partial charge in [-0.3, -0.25) is 0 Å². The van der Waals surface area contributed by atoms with Crippen molar-refractivity contribution in [2.75, 3.05) is 5.32 Å². The van der Waals surface area contributed by atoms with Crippen LogP contribution >= 0.6 is 0 Å². The molecule has 1 fully saturated rings. The normalized spacial score (nSPS) is 23.2. The van der Waals surface area contributed by atoms with Crippen LogP contribution in [0, 0.1) is 6.92 Å². The van der Waals surface area contributed by atoms with Crippen LogP contribution in [0.2, 0.25) is 0 Å². The number of anilines is 1. The van der Waals surface area contributed by atoms with Gasteiger partial charge in [0.2, 0.25) is 0 Å². The lowest BCUT2D eigenvalue weighted by molar-refractivity contribution is -0.137. The fourth-order valence-corrected chi connectivity index (χ4v) is 3.12. The highest BCUT2D eigenvalue weighted by molar-refractivity contribution is 5.71. The van der Waals surface area contributed by atoms with Crippen molar-refractivity contribution >= 4 is 5.82 Å². The van der Waals surface area contributed by atoms with Crippen LogP contribution in [0.3, 0.4) is 0 Å². The summed E-state index contributed by atoms with van der Waals surface area (Å²) in [5, 5.41) is 30.8. The summed E-state index contributed by atoms with van der Waals surface area (Å²) < 4.78 is 38.4. The van der Waals surface area contributed by atoms with Gasteiger partial charge in [-0.05, 0) is 56.5 Å². The van der Waals surface area contributed by atoms with Gasteiger partial charge in [-0.25, -0.2) is 0 Å². The SMILES string of the molecule is Cc1cc(C(F)(F)F)cc(O)c1-c1ccc(N[C@H]2C[C@](C)(O)C2)nn1. The van der Waals surface area contributed by atoms with Gasteiger partial charge >= 0.3 is 6.18 Å². The molecule has 0 unspecified atom stereocenters. The number of alkyl halides is 3. The molecule has 1 aromatic carbocycles. The van der Waals surface area contributed by atoms with Crippen LogP contribution in [-0.4, -0.2) is 32.1 Å². The maximum atomic E-state index is 12.8. The molecule has 3 rings (SSSR count). The van der Waals surface area contributed by atoms with Gasteiger partial charge in [-0.2, -0.15) is 13.2 Å². The summed E-state index contributed by atoms with van der Waals surface area (Å²) in [5.41, 5.74) is -0.797. The lowest BCUT2D eigenvalue weighted by atomic mass is 9.77. The Bertz CT molecular complexity index is 758. The topological polar surface area (TPSA) is 78.3 Å². The highest BCUT2D eigenvalue weighted by Crippen LogP contribution is 2.38. The molecule has 2 aromatic rings. The average molecular weight is 353 g/mol. The Balaban J connectivity index is 1.81. The van der Waals surface area contributed by atoms with Crippen molar-refractivity contribution in [3.8, 4) is 17.0 Å². The van der Waals surface area contributed by atoms with Crippen LogP contribution in [0.4, 0.5) is 19.0 Å². The summed E-state index contributed by atoms with van der Waals surface area (Å²) in [4.78, 5) is 0. The monoisotopic (exact) mass is 353 g/mol. The van der Waals surface area contributed by atoms with Gasteiger partial charge in [-0.15, -0.1) is 10.2 Å². The summed E-state index contributed by atoms with van der Waals surface area (Å²) in [6.45, 7) is 3.24. The minimum absolute atomic E-state index is 0.108. The minimum atomic E-state index is -4.52. The third-order valence-electron chi connectivity index (χ3n) is 4.29. The smallest absolute Gasteiger partial charge is 0.416 e. The Morgan fingerprint density at radius 1 is 1.20 bits per heavy atom. The van der Waals surface area contributed by atoms with Crippen molar-refractivity contribution in [3.05, 3.63) is 35.4 Å². The highest BCUT2D eigenvalue weighted by atomic mass is 19.4. The Kier molecular flexibility index (Phi) is 4.10. The van der Waals surface area contributed by atoms with E-state index in [2.05, 4.69) is 15.5 Å². The highest BCUT2D eigenvalue weighted by Gasteiger charge is 2.38. The number of aryl methyl sites for hydroxylation is 1. The van der Waals surface area contributed by atoms with Crippen molar-refractivity contribution < 1.29 is 23.4 Å². The molecule has 1 aliphatic rings. The van der Waals surface area contributed by atoms with Crippen LogP contribution in [0.5, 0.6) is 5.75 Å². The molecule has 1 heterocycles. The van der Waals surface area contributed by atoms with E-state index in [-0.39, 0.29) is 22.9 Å². The molecule has 1 saturated carbocycles. The van der Waals surface area contributed by atoms with Crippen molar-refractivity contribution in [3.63, 3.8) is 0 Å². The molecule has 0 saturated heterocycles. The zero-order valence-electron chi connectivity index (χ0n) is 13.7. The molecule has 1 aliphatic carbocycles. The van der Waals surface area contributed by atoms with Crippen LogP contribution in [-0.2, 0) is 6.18 Å². The first-order chi connectivity index (χ1) is 11.5. The number of benzene rings is 1. The Labute approximate surface area is 142 Å². The summed E-state index contributed by atoms with van der Waals surface area (Å²) >= 11 is 0. The summed E-state index contributed by atoms with van der Waals surface area (Å²) in [6.07, 6.45) is -3.31. The van der Waals surface area contributed by atoms with E-state index in [1.807, 2.05) is 0 Å². The summed E-state index contributed by atoms with van der Waals surface area (Å²) in [7, 11) is 0. The molecule has 0 radical (unpaired) electrons. The Hall–Kier alpha value is -2.35. The van der Waals surface area contributed by atoms with E-state index in [0.29, 0.717) is 24.7 Å². The van der Waals surface area contributed by atoms with E-state index in [0.717, 1.165) is 6.07 Å². The number of hydrogen-bond donors (Lipinski definition) is 3. The third kappa shape index (κ3) is 3.68. The molecule has 134 valence electrons.